The quantitative estimate of drug-likeness (QED) is 0.873. The third-order valence-corrected chi connectivity index (χ3v) is 5.40. The van der Waals surface area contributed by atoms with E-state index < -0.39 is 0 Å². The molecule has 0 spiro atoms. The largest absolute Gasteiger partial charge is 0.299 e. The number of nitrogens with zero attached hydrogens (tertiary/aromatic N) is 1. The maximum absolute atomic E-state index is 3.55. The first-order valence-electron chi connectivity index (χ1n) is 9.19. The molecule has 1 aromatic rings. The molecule has 126 valence electrons. The molecule has 2 fully saturated rings. The lowest BCUT2D eigenvalue weighted by atomic mass is 9.83. The van der Waals surface area contributed by atoms with Gasteiger partial charge in [-0.2, -0.15) is 0 Å². The lowest BCUT2D eigenvalue weighted by Crippen LogP contribution is -2.47. The molecule has 3 rings (SSSR count). The second kappa shape index (κ2) is 8.09. The third kappa shape index (κ3) is 4.43. The highest BCUT2D eigenvalue weighted by Gasteiger charge is 2.34. The fourth-order valence-electron chi connectivity index (χ4n) is 4.21. The van der Waals surface area contributed by atoms with Crippen LogP contribution in [0.5, 0.6) is 0 Å². The highest BCUT2D eigenvalue weighted by molar-refractivity contribution is 5.52. The summed E-state index contributed by atoms with van der Waals surface area (Å²) in [6, 6.07) is 11.3. The number of nitrogens with one attached hydrogen (secondary N) is 2. The van der Waals surface area contributed by atoms with Gasteiger partial charge >= 0.3 is 0 Å². The molecule has 0 aliphatic carbocycles. The van der Waals surface area contributed by atoms with Crippen LogP contribution in [0.15, 0.2) is 35.9 Å². The van der Waals surface area contributed by atoms with E-state index in [2.05, 4.69) is 66.0 Å². The van der Waals surface area contributed by atoms with Gasteiger partial charge in [0.15, 0.2) is 0 Å². The molecule has 2 N–H and O–H groups in total. The zero-order chi connectivity index (χ0) is 16.1. The maximum Gasteiger partial charge on any atom is 0.0294 e. The number of piperidine rings is 1. The summed E-state index contributed by atoms with van der Waals surface area (Å²) in [4.78, 5) is 2.65. The zero-order valence-corrected chi connectivity index (χ0v) is 14.6. The van der Waals surface area contributed by atoms with Crippen molar-refractivity contribution in [3.05, 3.63) is 41.5 Å². The minimum absolute atomic E-state index is 0.654. The van der Waals surface area contributed by atoms with Crippen LogP contribution in [0.4, 0.5) is 0 Å². The number of benzene rings is 1. The lowest BCUT2D eigenvalue weighted by molar-refractivity contribution is 0.146. The minimum Gasteiger partial charge on any atom is -0.299 e. The van der Waals surface area contributed by atoms with Gasteiger partial charge in [-0.1, -0.05) is 55.3 Å². The minimum atomic E-state index is 0.654. The standard InChI is InChI=1S/C20H31N3/c1-3-18-13-21-22-20(18)19-10-7-11-23(15-19)14-16(2)12-17-8-5-4-6-9-17/h4-6,8-9,12,18-22H,3,7,10-11,13-15H2,1-2H3/b16-12+. The Kier molecular flexibility index (Phi) is 5.87. The number of hydrogen-bond donors (Lipinski definition) is 2. The van der Waals surface area contributed by atoms with Crippen molar-refractivity contribution in [1.82, 2.24) is 15.8 Å². The van der Waals surface area contributed by atoms with E-state index in [4.69, 9.17) is 0 Å². The van der Waals surface area contributed by atoms with Crippen LogP contribution < -0.4 is 10.9 Å². The molecule has 1 aromatic carbocycles. The fraction of sp³-hybridized carbons (Fsp3) is 0.600. The number of hydrazine groups is 1. The van der Waals surface area contributed by atoms with Crippen LogP contribution >= 0.6 is 0 Å². The third-order valence-electron chi connectivity index (χ3n) is 5.40. The average molecular weight is 313 g/mol. The summed E-state index contributed by atoms with van der Waals surface area (Å²) in [6.45, 7) is 9.29. The number of likely N-dealkylation sites (tertiary alicyclic amines) is 1. The molecular weight excluding hydrogens is 282 g/mol. The van der Waals surface area contributed by atoms with Gasteiger partial charge in [0.05, 0.1) is 0 Å². The van der Waals surface area contributed by atoms with Crippen molar-refractivity contribution in [2.45, 2.75) is 39.2 Å². The summed E-state index contributed by atoms with van der Waals surface area (Å²) in [5.74, 6) is 1.58. The Morgan fingerprint density at radius 2 is 2.13 bits per heavy atom. The second-order valence-electron chi connectivity index (χ2n) is 7.26. The Balaban J connectivity index is 1.57. The summed E-state index contributed by atoms with van der Waals surface area (Å²) in [7, 11) is 0. The Bertz CT molecular complexity index is 511. The van der Waals surface area contributed by atoms with E-state index in [-0.39, 0.29) is 0 Å². The molecule has 0 saturated carbocycles. The topological polar surface area (TPSA) is 27.3 Å². The predicted molar refractivity (Wildman–Crippen MR) is 98.0 cm³/mol. The van der Waals surface area contributed by atoms with Crippen LogP contribution in [0.1, 0.15) is 38.7 Å². The van der Waals surface area contributed by atoms with Crippen molar-refractivity contribution in [3.63, 3.8) is 0 Å². The molecule has 3 heteroatoms. The van der Waals surface area contributed by atoms with Crippen molar-refractivity contribution < 1.29 is 0 Å². The van der Waals surface area contributed by atoms with Crippen molar-refractivity contribution in [1.29, 1.82) is 0 Å². The van der Waals surface area contributed by atoms with Crippen LogP contribution in [0, 0.1) is 11.8 Å². The van der Waals surface area contributed by atoms with Crippen LogP contribution in [-0.4, -0.2) is 37.1 Å². The highest BCUT2D eigenvalue weighted by Crippen LogP contribution is 2.27. The molecule has 2 aliphatic heterocycles. The normalized spacial score (nSPS) is 29.8. The van der Waals surface area contributed by atoms with Gasteiger partial charge in [-0.25, -0.2) is 0 Å². The van der Waals surface area contributed by atoms with Gasteiger partial charge < -0.3 is 0 Å². The SMILES string of the molecule is CCC1CNNC1C1CCCN(C/C(C)=C/c2ccccc2)C1. The van der Waals surface area contributed by atoms with E-state index >= 15 is 0 Å². The zero-order valence-electron chi connectivity index (χ0n) is 14.6. The van der Waals surface area contributed by atoms with E-state index in [1.165, 1.54) is 43.5 Å². The van der Waals surface area contributed by atoms with Crippen LogP contribution in [-0.2, 0) is 0 Å². The Morgan fingerprint density at radius 1 is 1.30 bits per heavy atom. The molecule has 0 amide bonds. The Morgan fingerprint density at radius 3 is 2.91 bits per heavy atom. The van der Waals surface area contributed by atoms with Crippen LogP contribution in [0.2, 0.25) is 0 Å². The first-order valence-corrected chi connectivity index (χ1v) is 9.19. The predicted octanol–water partition coefficient (Wildman–Crippen LogP) is 3.30. The average Bonchev–Trinajstić information content (AvgIpc) is 3.04. The molecular formula is C20H31N3. The van der Waals surface area contributed by atoms with E-state index in [0.29, 0.717) is 6.04 Å². The van der Waals surface area contributed by atoms with Gasteiger partial charge in [0, 0.05) is 25.7 Å². The number of rotatable bonds is 5. The summed E-state index contributed by atoms with van der Waals surface area (Å²) in [5.41, 5.74) is 9.70. The second-order valence-corrected chi connectivity index (χ2v) is 7.26. The van der Waals surface area contributed by atoms with Gasteiger partial charge in [0.25, 0.3) is 0 Å². The van der Waals surface area contributed by atoms with Gasteiger partial charge in [-0.05, 0) is 43.7 Å². The Hall–Kier alpha value is -1.16. The Labute approximate surface area is 141 Å². The molecule has 2 heterocycles. The van der Waals surface area contributed by atoms with Gasteiger partial charge in [0.1, 0.15) is 0 Å². The molecule has 0 bridgehead atoms. The lowest BCUT2D eigenvalue weighted by Gasteiger charge is -2.37. The summed E-state index contributed by atoms with van der Waals surface area (Å²) in [5, 5.41) is 0. The van der Waals surface area contributed by atoms with E-state index in [1.807, 2.05) is 0 Å². The monoisotopic (exact) mass is 313 g/mol. The van der Waals surface area contributed by atoms with Crippen molar-refractivity contribution in [2.75, 3.05) is 26.2 Å². The summed E-state index contributed by atoms with van der Waals surface area (Å²) < 4.78 is 0. The molecule has 23 heavy (non-hydrogen) atoms. The van der Waals surface area contributed by atoms with Gasteiger partial charge in [0.2, 0.25) is 0 Å². The highest BCUT2D eigenvalue weighted by atomic mass is 15.4. The molecule has 3 nitrogen and oxygen atoms in total. The maximum atomic E-state index is 3.55. The van der Waals surface area contributed by atoms with Crippen LogP contribution in [0.25, 0.3) is 6.08 Å². The molecule has 0 aromatic heterocycles. The van der Waals surface area contributed by atoms with Crippen molar-refractivity contribution >= 4 is 6.08 Å². The summed E-state index contributed by atoms with van der Waals surface area (Å²) in [6.07, 6.45) is 6.30. The first kappa shape index (κ1) is 16.7. The molecule has 2 saturated heterocycles. The van der Waals surface area contributed by atoms with Gasteiger partial charge in [-0.3, -0.25) is 15.8 Å². The first-order chi connectivity index (χ1) is 11.3. The van der Waals surface area contributed by atoms with E-state index in [0.717, 1.165) is 24.9 Å². The smallest absolute Gasteiger partial charge is 0.0294 e. The van der Waals surface area contributed by atoms with Crippen LogP contribution in [0.3, 0.4) is 0 Å². The molecule has 2 aliphatic rings. The van der Waals surface area contributed by atoms with Crippen molar-refractivity contribution in [2.24, 2.45) is 11.8 Å². The van der Waals surface area contributed by atoms with Crippen molar-refractivity contribution in [3.8, 4) is 0 Å². The van der Waals surface area contributed by atoms with E-state index in [1.54, 1.807) is 0 Å². The molecule has 3 atom stereocenters. The fourth-order valence-corrected chi connectivity index (χ4v) is 4.21. The number of hydrogen-bond acceptors (Lipinski definition) is 3. The molecule has 3 unspecified atom stereocenters. The van der Waals surface area contributed by atoms with Gasteiger partial charge in [-0.15, -0.1) is 0 Å². The summed E-state index contributed by atoms with van der Waals surface area (Å²) >= 11 is 0. The molecule has 0 radical (unpaired) electrons. The van der Waals surface area contributed by atoms with E-state index in [9.17, 15) is 0 Å².